The molecule has 1 unspecified atom stereocenters. The van der Waals surface area contributed by atoms with Crippen molar-refractivity contribution >= 4 is 43.2 Å². The van der Waals surface area contributed by atoms with Gasteiger partial charge in [0.1, 0.15) is 0 Å². The normalized spacial score (nSPS) is 13.6. The van der Waals surface area contributed by atoms with Crippen molar-refractivity contribution in [1.82, 2.24) is 0 Å². The fourth-order valence-electron chi connectivity index (χ4n) is 1.65. The molecule has 7 heteroatoms. The molecule has 2 rings (SSSR count). The zero-order chi connectivity index (χ0) is 14.2. The highest BCUT2D eigenvalue weighted by Gasteiger charge is 2.31. The van der Waals surface area contributed by atoms with Gasteiger partial charge in [-0.1, -0.05) is 12.1 Å². The lowest BCUT2D eigenvalue weighted by atomic mass is 10.00. The maximum absolute atomic E-state index is 12.7. The van der Waals surface area contributed by atoms with Gasteiger partial charge in [0, 0.05) is 0 Å². The van der Waals surface area contributed by atoms with E-state index in [1.54, 1.807) is 12.1 Å². The smallest absolute Gasteiger partial charge is 0.320 e. The lowest BCUT2D eigenvalue weighted by Crippen LogP contribution is -2.13. The third-order valence-corrected chi connectivity index (χ3v) is 4.98. The molecule has 1 heterocycles. The first-order valence-electron chi connectivity index (χ1n) is 5.16. The summed E-state index contributed by atoms with van der Waals surface area (Å²) in [5.74, 6) is 0. The monoisotopic (exact) mass is 413 g/mol. The summed E-state index contributed by atoms with van der Waals surface area (Å²) >= 11 is 8.12. The molecule has 0 amide bonds. The predicted octanol–water partition coefficient (Wildman–Crippen LogP) is 5.34. The molecule has 0 aliphatic carbocycles. The van der Waals surface area contributed by atoms with Crippen LogP contribution in [0.15, 0.2) is 37.9 Å². The van der Waals surface area contributed by atoms with Crippen molar-refractivity contribution in [2.45, 2.75) is 12.2 Å². The highest BCUT2D eigenvalue weighted by Crippen LogP contribution is 2.38. The molecule has 0 saturated carbocycles. The van der Waals surface area contributed by atoms with Crippen LogP contribution in [0.25, 0.3) is 0 Å². The first-order valence-corrected chi connectivity index (χ1v) is 7.57. The third-order valence-electron chi connectivity index (χ3n) is 2.59. The summed E-state index contributed by atoms with van der Waals surface area (Å²) in [6.45, 7) is 0. The number of hydrogen-bond donors (Lipinski definition) is 1. The molecular formula is C12H8Br2F3NS. The van der Waals surface area contributed by atoms with E-state index in [-0.39, 0.29) is 0 Å². The minimum absolute atomic E-state index is 0.431. The highest BCUT2D eigenvalue weighted by molar-refractivity contribution is 9.12. The Morgan fingerprint density at radius 2 is 1.84 bits per heavy atom. The Hall–Kier alpha value is -0.370. The van der Waals surface area contributed by atoms with Crippen LogP contribution in [-0.4, -0.2) is 0 Å². The lowest BCUT2D eigenvalue weighted by Gasteiger charge is -2.14. The van der Waals surface area contributed by atoms with E-state index in [1.807, 2.05) is 0 Å². The molecule has 19 heavy (non-hydrogen) atoms. The van der Waals surface area contributed by atoms with Crippen molar-refractivity contribution in [2.24, 2.45) is 5.73 Å². The van der Waals surface area contributed by atoms with Crippen molar-refractivity contribution in [3.63, 3.8) is 0 Å². The highest BCUT2D eigenvalue weighted by atomic mass is 79.9. The molecule has 0 fully saturated rings. The van der Waals surface area contributed by atoms with Crippen molar-refractivity contribution in [3.8, 4) is 0 Å². The molecule has 102 valence electrons. The number of halogens is 5. The Labute approximate surface area is 128 Å². The van der Waals surface area contributed by atoms with Gasteiger partial charge >= 0.3 is 6.18 Å². The molecule has 0 aliphatic rings. The van der Waals surface area contributed by atoms with Gasteiger partial charge in [-0.3, -0.25) is 0 Å². The van der Waals surface area contributed by atoms with E-state index in [4.69, 9.17) is 5.73 Å². The van der Waals surface area contributed by atoms with Crippen molar-refractivity contribution in [2.75, 3.05) is 0 Å². The summed E-state index contributed by atoms with van der Waals surface area (Å²) in [7, 11) is 0. The van der Waals surface area contributed by atoms with Crippen LogP contribution in [0, 0.1) is 0 Å². The van der Waals surface area contributed by atoms with Crippen LogP contribution >= 0.6 is 43.2 Å². The molecule has 0 saturated heterocycles. The van der Waals surface area contributed by atoms with Crippen LogP contribution < -0.4 is 5.73 Å². The minimum Gasteiger partial charge on any atom is -0.320 e. The van der Waals surface area contributed by atoms with E-state index >= 15 is 0 Å². The number of alkyl halides is 3. The van der Waals surface area contributed by atoms with Crippen molar-refractivity contribution in [3.05, 3.63) is 54.6 Å². The molecule has 2 aromatic rings. The second-order valence-electron chi connectivity index (χ2n) is 3.88. The van der Waals surface area contributed by atoms with E-state index in [9.17, 15) is 13.2 Å². The molecule has 0 bridgehead atoms. The SMILES string of the molecule is NC(c1cccc(C(F)(F)F)c1)c1cc(Br)sc1Br. The Morgan fingerprint density at radius 3 is 2.37 bits per heavy atom. The van der Waals surface area contributed by atoms with Crippen LogP contribution in [0.5, 0.6) is 0 Å². The zero-order valence-corrected chi connectivity index (χ0v) is 13.3. The van der Waals surface area contributed by atoms with Gasteiger partial charge in [-0.15, -0.1) is 11.3 Å². The minimum atomic E-state index is -4.36. The van der Waals surface area contributed by atoms with Gasteiger partial charge in [0.25, 0.3) is 0 Å². The van der Waals surface area contributed by atoms with Crippen LogP contribution in [0.1, 0.15) is 22.7 Å². The van der Waals surface area contributed by atoms with Gasteiger partial charge in [0.15, 0.2) is 0 Å². The Morgan fingerprint density at radius 1 is 1.16 bits per heavy atom. The van der Waals surface area contributed by atoms with Crippen molar-refractivity contribution in [1.29, 1.82) is 0 Å². The number of hydrogen-bond acceptors (Lipinski definition) is 2. The molecule has 1 atom stereocenters. The van der Waals surface area contributed by atoms with Gasteiger partial charge in [0.05, 0.1) is 19.2 Å². The lowest BCUT2D eigenvalue weighted by molar-refractivity contribution is -0.137. The number of nitrogens with two attached hydrogens (primary N) is 1. The van der Waals surface area contributed by atoms with E-state index in [1.165, 1.54) is 17.4 Å². The van der Waals surface area contributed by atoms with Gasteiger partial charge in [0.2, 0.25) is 0 Å². The summed E-state index contributed by atoms with van der Waals surface area (Å²) in [5.41, 5.74) is 6.53. The first-order chi connectivity index (χ1) is 8.79. The number of rotatable bonds is 2. The van der Waals surface area contributed by atoms with Gasteiger partial charge in [-0.05, 0) is 61.2 Å². The number of thiophene rings is 1. The maximum atomic E-state index is 12.7. The maximum Gasteiger partial charge on any atom is 0.416 e. The van der Waals surface area contributed by atoms with E-state index in [2.05, 4.69) is 31.9 Å². The van der Waals surface area contributed by atoms with Crippen LogP contribution in [0.2, 0.25) is 0 Å². The molecule has 1 nitrogen and oxygen atoms in total. The summed E-state index contributed by atoms with van der Waals surface area (Å²) in [4.78, 5) is 0. The zero-order valence-electron chi connectivity index (χ0n) is 9.34. The number of benzene rings is 1. The second-order valence-corrected chi connectivity index (χ2v) is 7.63. The van der Waals surface area contributed by atoms with Crippen LogP contribution in [0.3, 0.4) is 0 Å². The predicted molar refractivity (Wildman–Crippen MR) is 77.2 cm³/mol. The van der Waals surface area contributed by atoms with E-state index in [0.29, 0.717) is 5.56 Å². The van der Waals surface area contributed by atoms with Crippen LogP contribution in [0.4, 0.5) is 13.2 Å². The second kappa shape index (κ2) is 5.55. The Balaban J connectivity index is 2.39. The van der Waals surface area contributed by atoms with Gasteiger partial charge < -0.3 is 5.73 Å². The third kappa shape index (κ3) is 3.39. The van der Waals surface area contributed by atoms with Crippen LogP contribution in [-0.2, 0) is 6.18 Å². The fraction of sp³-hybridized carbons (Fsp3) is 0.167. The quantitative estimate of drug-likeness (QED) is 0.705. The molecule has 0 spiro atoms. The molecule has 1 aromatic carbocycles. The Kier molecular flexibility index (Phi) is 4.39. The average molecular weight is 415 g/mol. The standard InChI is InChI=1S/C12H8Br2F3NS/c13-9-5-8(11(14)19-9)10(18)6-2-1-3-7(4-6)12(15,16)17/h1-5,10H,18H2. The topological polar surface area (TPSA) is 26.0 Å². The molecular weight excluding hydrogens is 407 g/mol. The fourth-order valence-corrected chi connectivity index (χ4v) is 4.58. The van der Waals surface area contributed by atoms with E-state index < -0.39 is 17.8 Å². The van der Waals surface area contributed by atoms with Gasteiger partial charge in [-0.2, -0.15) is 13.2 Å². The molecule has 0 aliphatic heterocycles. The molecule has 0 radical (unpaired) electrons. The van der Waals surface area contributed by atoms with E-state index in [0.717, 1.165) is 25.3 Å². The molecule has 2 N–H and O–H groups in total. The van der Waals surface area contributed by atoms with Crippen molar-refractivity contribution < 1.29 is 13.2 Å². The summed E-state index contributed by atoms with van der Waals surface area (Å²) in [5, 5.41) is 0. The summed E-state index contributed by atoms with van der Waals surface area (Å²) < 4.78 is 39.7. The summed E-state index contributed by atoms with van der Waals surface area (Å²) in [6.07, 6.45) is -4.36. The Bertz CT molecular complexity index is 595. The summed E-state index contributed by atoms with van der Waals surface area (Å²) in [6, 6.07) is 6.29. The molecule has 1 aromatic heterocycles. The largest absolute Gasteiger partial charge is 0.416 e. The average Bonchev–Trinajstić information content (AvgIpc) is 2.66. The van der Waals surface area contributed by atoms with Gasteiger partial charge in [-0.25, -0.2) is 0 Å². The first kappa shape index (κ1) is 15.0.